The molecule has 1 N–H and O–H groups in total. The lowest BCUT2D eigenvalue weighted by Gasteiger charge is -2.35. The van der Waals surface area contributed by atoms with E-state index in [1.165, 1.54) is 18.3 Å². The number of anilines is 1. The third-order valence-electron chi connectivity index (χ3n) is 8.25. The molecular formula is C32H31F4N3O. The van der Waals surface area contributed by atoms with Crippen LogP contribution in [0.3, 0.4) is 0 Å². The number of halogens is 4. The number of nitrogens with one attached hydrogen (secondary N) is 1. The number of fused-ring (bicyclic) bond motifs is 1. The topological polar surface area (TPSA) is 46.9 Å². The monoisotopic (exact) mass is 549 g/mol. The van der Waals surface area contributed by atoms with Gasteiger partial charge in [0.25, 0.3) is 0 Å². The number of Topliss-reactive ketones (excluding diaryl/α,β-unsaturated/α-hetero) is 1. The van der Waals surface area contributed by atoms with Crippen LogP contribution in [0.5, 0.6) is 0 Å². The molecule has 1 aliphatic heterocycles. The molecule has 208 valence electrons. The lowest BCUT2D eigenvalue weighted by molar-refractivity contribution is -0.173. The molecule has 0 fully saturated rings. The maximum atomic E-state index is 14.1. The first-order chi connectivity index (χ1) is 19.1. The fourth-order valence-corrected chi connectivity index (χ4v) is 5.75. The number of benzene rings is 3. The van der Waals surface area contributed by atoms with Crippen LogP contribution < -0.4 is 5.32 Å². The van der Waals surface area contributed by atoms with Gasteiger partial charge >= 0.3 is 6.18 Å². The van der Waals surface area contributed by atoms with Gasteiger partial charge < -0.3 is 5.32 Å². The van der Waals surface area contributed by atoms with Gasteiger partial charge in [0, 0.05) is 18.3 Å². The molecule has 2 atom stereocenters. The second-order valence-corrected chi connectivity index (χ2v) is 10.4. The van der Waals surface area contributed by atoms with Gasteiger partial charge in [0.2, 0.25) is 0 Å². The molecule has 4 nitrogen and oxygen atoms in total. The molecule has 0 spiro atoms. The van der Waals surface area contributed by atoms with Crippen molar-refractivity contribution < 1.29 is 22.4 Å². The summed E-state index contributed by atoms with van der Waals surface area (Å²) in [5, 5.41) is 7.24. The number of hydrogen-bond donors (Lipinski definition) is 1. The van der Waals surface area contributed by atoms with Crippen LogP contribution in [0, 0.1) is 5.82 Å². The molecule has 5 rings (SSSR count). The average molecular weight is 550 g/mol. The minimum Gasteiger partial charge on any atom is -0.363 e. The quantitative estimate of drug-likeness (QED) is 0.177. The lowest BCUT2D eigenvalue weighted by atomic mass is 9.71. The normalized spacial score (nSPS) is 17.2. The van der Waals surface area contributed by atoms with Crippen molar-refractivity contribution in [3.63, 3.8) is 0 Å². The zero-order chi connectivity index (χ0) is 28.5. The van der Waals surface area contributed by atoms with E-state index < -0.39 is 23.7 Å². The molecule has 0 saturated carbocycles. The molecule has 2 heterocycles. The average Bonchev–Trinajstić information content (AvgIpc) is 3.40. The first-order valence-electron chi connectivity index (χ1n) is 13.5. The van der Waals surface area contributed by atoms with Gasteiger partial charge in [-0.25, -0.2) is 9.07 Å². The van der Waals surface area contributed by atoms with E-state index in [9.17, 15) is 22.4 Å². The molecule has 0 radical (unpaired) electrons. The van der Waals surface area contributed by atoms with Crippen molar-refractivity contribution in [1.29, 1.82) is 0 Å². The van der Waals surface area contributed by atoms with Crippen molar-refractivity contribution in [2.75, 3.05) is 5.32 Å². The Morgan fingerprint density at radius 1 is 0.950 bits per heavy atom. The molecule has 0 aliphatic carbocycles. The standard InChI is InChI=1S/C32H31F4N3O/c1-3-31(4-2,24-12-8-11-23(17-24)21-13-15-25(33)16-14-21)19-28(40)26-20-37-39-29(32(34,35)36)18-27(38-30(26)39)22-9-6-5-7-10-22/h5-17,20,27,29,38H,3-4,18-19H2,1-2H3. The van der Waals surface area contributed by atoms with Gasteiger partial charge in [0.15, 0.2) is 11.8 Å². The first-order valence-corrected chi connectivity index (χ1v) is 13.5. The largest absolute Gasteiger partial charge is 0.410 e. The summed E-state index contributed by atoms with van der Waals surface area (Å²) in [4.78, 5) is 13.9. The highest BCUT2D eigenvalue weighted by Crippen LogP contribution is 2.45. The van der Waals surface area contributed by atoms with Crippen LogP contribution in [0.1, 0.15) is 73.1 Å². The van der Waals surface area contributed by atoms with Crippen LogP contribution in [0.2, 0.25) is 0 Å². The van der Waals surface area contributed by atoms with E-state index >= 15 is 0 Å². The third-order valence-corrected chi connectivity index (χ3v) is 8.25. The Bertz CT molecular complexity index is 1470. The smallest absolute Gasteiger partial charge is 0.363 e. The highest BCUT2D eigenvalue weighted by atomic mass is 19.4. The Balaban J connectivity index is 1.49. The highest BCUT2D eigenvalue weighted by molar-refractivity contribution is 6.01. The molecule has 1 aromatic heterocycles. The summed E-state index contributed by atoms with van der Waals surface area (Å²) in [6, 6.07) is 20.6. The molecule has 1 aliphatic rings. The first kappa shape index (κ1) is 27.6. The zero-order valence-electron chi connectivity index (χ0n) is 22.4. The minimum atomic E-state index is -4.52. The number of rotatable bonds is 8. The van der Waals surface area contributed by atoms with Crippen LogP contribution in [-0.4, -0.2) is 21.7 Å². The number of aromatic nitrogens is 2. The van der Waals surface area contributed by atoms with E-state index in [1.54, 1.807) is 36.4 Å². The fraction of sp³-hybridized carbons (Fsp3) is 0.312. The summed E-state index contributed by atoms with van der Waals surface area (Å²) in [5.74, 6) is -0.477. The Morgan fingerprint density at radius 2 is 1.65 bits per heavy atom. The van der Waals surface area contributed by atoms with Crippen LogP contribution in [-0.2, 0) is 5.41 Å². The molecule has 2 unspecified atom stereocenters. The lowest BCUT2D eigenvalue weighted by Crippen LogP contribution is -2.36. The van der Waals surface area contributed by atoms with Crippen molar-refractivity contribution in [2.24, 2.45) is 0 Å². The van der Waals surface area contributed by atoms with Crippen LogP contribution in [0.25, 0.3) is 11.1 Å². The number of nitrogens with zero attached hydrogens (tertiary/aromatic N) is 2. The van der Waals surface area contributed by atoms with Crippen LogP contribution in [0.15, 0.2) is 85.1 Å². The van der Waals surface area contributed by atoms with E-state index in [2.05, 4.69) is 10.4 Å². The SMILES string of the molecule is CCC(CC)(CC(=O)c1cnn2c1NC(c1ccccc1)CC2C(F)(F)F)c1cccc(-c2ccc(F)cc2)c1. The molecule has 0 bridgehead atoms. The number of carbonyl (C=O) groups is 1. The number of hydrogen-bond acceptors (Lipinski definition) is 3. The minimum absolute atomic E-state index is 0.105. The third kappa shape index (κ3) is 5.27. The number of carbonyl (C=O) groups excluding carboxylic acids is 1. The van der Waals surface area contributed by atoms with Crippen molar-refractivity contribution in [3.8, 4) is 11.1 Å². The summed E-state index contributed by atoms with van der Waals surface area (Å²) in [6.45, 7) is 4.02. The van der Waals surface area contributed by atoms with Crippen LogP contribution in [0.4, 0.5) is 23.4 Å². The van der Waals surface area contributed by atoms with E-state index in [1.807, 2.05) is 44.2 Å². The number of alkyl halides is 3. The van der Waals surface area contributed by atoms with Gasteiger partial charge in [-0.3, -0.25) is 4.79 Å². The van der Waals surface area contributed by atoms with Crippen molar-refractivity contribution in [1.82, 2.24) is 9.78 Å². The molecule has 8 heteroatoms. The second-order valence-electron chi connectivity index (χ2n) is 10.4. The maximum absolute atomic E-state index is 14.1. The van der Waals surface area contributed by atoms with Gasteiger partial charge in [0.1, 0.15) is 11.6 Å². The van der Waals surface area contributed by atoms with Crippen molar-refractivity contribution >= 4 is 11.6 Å². The Kier molecular flexibility index (Phi) is 7.53. The molecule has 0 amide bonds. The summed E-state index contributed by atoms with van der Waals surface area (Å²) in [7, 11) is 0. The maximum Gasteiger partial charge on any atom is 0.410 e. The van der Waals surface area contributed by atoms with E-state index in [0.29, 0.717) is 12.8 Å². The molecule has 4 aromatic rings. The molecular weight excluding hydrogens is 518 g/mol. The number of ketones is 1. The van der Waals surface area contributed by atoms with Crippen LogP contribution >= 0.6 is 0 Å². The summed E-state index contributed by atoms with van der Waals surface area (Å²) in [5.41, 5.74) is 3.05. The Hall–Kier alpha value is -3.94. The predicted octanol–water partition coefficient (Wildman–Crippen LogP) is 8.68. The molecule has 0 saturated heterocycles. The molecule has 40 heavy (non-hydrogen) atoms. The van der Waals surface area contributed by atoms with Crippen molar-refractivity contribution in [2.45, 2.75) is 63.2 Å². The Labute approximate surface area is 231 Å². The van der Waals surface area contributed by atoms with Gasteiger partial charge in [-0.15, -0.1) is 0 Å². The van der Waals surface area contributed by atoms with E-state index in [-0.39, 0.29) is 35.8 Å². The predicted molar refractivity (Wildman–Crippen MR) is 148 cm³/mol. The molecule has 3 aromatic carbocycles. The van der Waals surface area contributed by atoms with E-state index in [0.717, 1.165) is 26.9 Å². The highest BCUT2D eigenvalue weighted by Gasteiger charge is 2.47. The van der Waals surface area contributed by atoms with Gasteiger partial charge in [-0.2, -0.15) is 18.3 Å². The van der Waals surface area contributed by atoms with Crippen molar-refractivity contribution in [3.05, 3.63) is 108 Å². The zero-order valence-corrected chi connectivity index (χ0v) is 22.4. The van der Waals surface area contributed by atoms with Gasteiger partial charge in [0.05, 0.1) is 17.8 Å². The fourth-order valence-electron chi connectivity index (χ4n) is 5.75. The second kappa shape index (κ2) is 10.9. The van der Waals surface area contributed by atoms with Gasteiger partial charge in [-0.05, 0) is 47.2 Å². The van der Waals surface area contributed by atoms with E-state index in [4.69, 9.17) is 0 Å². The summed E-state index contributed by atoms with van der Waals surface area (Å²) >= 11 is 0. The Morgan fingerprint density at radius 3 is 2.30 bits per heavy atom. The summed E-state index contributed by atoms with van der Waals surface area (Å²) < 4.78 is 56.8. The van der Waals surface area contributed by atoms with Gasteiger partial charge in [-0.1, -0.05) is 80.6 Å². The summed E-state index contributed by atoms with van der Waals surface area (Å²) in [6.07, 6.45) is -2.07.